The Hall–Kier alpha value is -2.69. The van der Waals surface area contributed by atoms with E-state index < -0.39 is 4.92 Å². The van der Waals surface area contributed by atoms with Crippen molar-refractivity contribution in [3.63, 3.8) is 0 Å². The molecule has 0 aliphatic rings. The zero-order valence-electron chi connectivity index (χ0n) is 14.2. The predicted octanol–water partition coefficient (Wildman–Crippen LogP) is 4.89. The van der Waals surface area contributed by atoms with Gasteiger partial charge >= 0.3 is 0 Å². The maximum atomic E-state index is 12.1. The number of nitro benzene ring substituents is 1. The molecule has 0 amide bonds. The molecule has 2 aromatic carbocycles. The molecule has 0 saturated heterocycles. The summed E-state index contributed by atoms with van der Waals surface area (Å²) < 4.78 is 5.01. The molecule has 0 radical (unpaired) electrons. The third kappa shape index (κ3) is 5.90. The first-order valence-corrected chi connectivity index (χ1v) is 7.55. The van der Waals surface area contributed by atoms with Crippen LogP contribution in [-0.2, 0) is 0 Å². The monoisotopic (exact) mass is 317 g/mol. The van der Waals surface area contributed by atoms with Crippen molar-refractivity contribution < 1.29 is 14.5 Å². The van der Waals surface area contributed by atoms with E-state index >= 15 is 0 Å². The molecule has 0 aliphatic carbocycles. The van der Waals surface area contributed by atoms with Crippen LogP contribution in [0.5, 0.6) is 5.75 Å². The van der Waals surface area contributed by atoms with Crippen molar-refractivity contribution in [2.24, 2.45) is 0 Å². The molecule has 0 unspecified atom stereocenters. The molecule has 0 aliphatic heterocycles. The van der Waals surface area contributed by atoms with Crippen molar-refractivity contribution in [1.29, 1.82) is 0 Å². The summed E-state index contributed by atoms with van der Waals surface area (Å²) in [7, 11) is 1.55. The summed E-state index contributed by atoms with van der Waals surface area (Å²) in [6.45, 7) is 8.00. The van der Waals surface area contributed by atoms with Crippen LogP contribution in [0.1, 0.15) is 43.6 Å². The van der Waals surface area contributed by atoms with Crippen molar-refractivity contribution >= 4 is 11.5 Å². The number of nitrogens with zero attached hydrogens (tertiary/aromatic N) is 1. The first kappa shape index (κ1) is 20.3. The summed E-state index contributed by atoms with van der Waals surface area (Å²) in [6, 6.07) is 12.2. The normalized spacial score (nSPS) is 8.74. The molecule has 2 aromatic rings. The van der Waals surface area contributed by atoms with Crippen LogP contribution in [0.4, 0.5) is 5.69 Å². The lowest BCUT2D eigenvalue weighted by atomic mass is 10.0. The van der Waals surface area contributed by atoms with E-state index in [1.165, 1.54) is 24.3 Å². The molecule has 0 aromatic heterocycles. The highest BCUT2D eigenvalue weighted by molar-refractivity contribution is 6.09. The first-order chi connectivity index (χ1) is 11.1. The number of ketones is 1. The van der Waals surface area contributed by atoms with Gasteiger partial charge in [-0.15, -0.1) is 0 Å². The zero-order chi connectivity index (χ0) is 17.8. The lowest BCUT2D eigenvalue weighted by Crippen LogP contribution is -2.01. The van der Waals surface area contributed by atoms with Crippen molar-refractivity contribution in [2.75, 3.05) is 7.11 Å². The quantitative estimate of drug-likeness (QED) is 0.457. The number of carbonyl (C=O) groups excluding carboxylic acids is 1. The van der Waals surface area contributed by atoms with Gasteiger partial charge in [0.15, 0.2) is 5.78 Å². The van der Waals surface area contributed by atoms with Crippen LogP contribution in [0.2, 0.25) is 0 Å². The van der Waals surface area contributed by atoms with E-state index in [0.29, 0.717) is 16.9 Å². The minimum absolute atomic E-state index is 0.0359. The average Bonchev–Trinajstić information content (AvgIpc) is 2.64. The fourth-order valence-corrected chi connectivity index (χ4v) is 1.64. The standard InChI is InChI=1S/C14H11NO4.2C2H6/c1-19-13-8-4-11(5-9-13)14(16)10-2-6-12(7-3-10)15(17)18;2*1-2/h2-9H,1H3;2*1-2H3. The molecule has 0 atom stereocenters. The second-order valence-corrected chi connectivity index (χ2v) is 3.86. The van der Waals surface area contributed by atoms with Crippen molar-refractivity contribution in [3.8, 4) is 5.75 Å². The molecule has 0 saturated carbocycles. The zero-order valence-corrected chi connectivity index (χ0v) is 14.2. The Morgan fingerprint density at radius 1 is 0.870 bits per heavy atom. The first-order valence-electron chi connectivity index (χ1n) is 7.55. The second kappa shape index (κ2) is 11.0. The van der Waals surface area contributed by atoms with Crippen LogP contribution < -0.4 is 4.74 Å². The van der Waals surface area contributed by atoms with Crippen molar-refractivity contribution in [2.45, 2.75) is 27.7 Å². The summed E-state index contributed by atoms with van der Waals surface area (Å²) in [5.74, 6) is 0.484. The summed E-state index contributed by atoms with van der Waals surface area (Å²) in [6.07, 6.45) is 0. The largest absolute Gasteiger partial charge is 0.497 e. The van der Waals surface area contributed by atoms with E-state index in [1.807, 2.05) is 27.7 Å². The molecular weight excluding hydrogens is 294 g/mol. The number of nitro groups is 1. The number of hydrogen-bond donors (Lipinski definition) is 0. The maximum Gasteiger partial charge on any atom is 0.269 e. The number of benzene rings is 2. The molecule has 2 rings (SSSR count). The van der Waals surface area contributed by atoms with Gasteiger partial charge in [-0.2, -0.15) is 0 Å². The van der Waals surface area contributed by atoms with Gasteiger partial charge in [0.25, 0.3) is 5.69 Å². The van der Waals surface area contributed by atoms with Gasteiger partial charge in [-0.05, 0) is 36.4 Å². The Balaban J connectivity index is 0.00000112. The molecule has 0 spiro atoms. The van der Waals surface area contributed by atoms with Crippen LogP contribution >= 0.6 is 0 Å². The van der Waals surface area contributed by atoms with Gasteiger partial charge < -0.3 is 4.74 Å². The molecule has 5 nitrogen and oxygen atoms in total. The number of non-ortho nitro benzene ring substituents is 1. The molecule has 124 valence electrons. The van der Waals surface area contributed by atoms with Gasteiger partial charge in [-0.25, -0.2) is 0 Å². The number of carbonyl (C=O) groups is 1. The Kier molecular flexibility index (Phi) is 9.67. The smallest absolute Gasteiger partial charge is 0.269 e. The topological polar surface area (TPSA) is 69.4 Å². The number of hydrogen-bond acceptors (Lipinski definition) is 4. The third-order valence-electron chi connectivity index (χ3n) is 2.69. The summed E-state index contributed by atoms with van der Waals surface area (Å²) in [5, 5.41) is 10.5. The maximum absolute atomic E-state index is 12.1. The Morgan fingerprint density at radius 3 is 1.61 bits per heavy atom. The lowest BCUT2D eigenvalue weighted by Gasteiger charge is -2.03. The minimum atomic E-state index is -0.498. The predicted molar refractivity (Wildman–Crippen MR) is 92.2 cm³/mol. The van der Waals surface area contributed by atoms with Crippen LogP contribution in [0, 0.1) is 10.1 Å². The van der Waals surface area contributed by atoms with E-state index in [0.717, 1.165) is 0 Å². The number of methoxy groups -OCH3 is 1. The molecule has 5 heteroatoms. The fourth-order valence-electron chi connectivity index (χ4n) is 1.64. The molecule has 23 heavy (non-hydrogen) atoms. The third-order valence-corrected chi connectivity index (χ3v) is 2.69. The van der Waals surface area contributed by atoms with Gasteiger partial charge in [-0.3, -0.25) is 14.9 Å². The SMILES string of the molecule is CC.CC.COc1ccc(C(=O)c2ccc([N+](=O)[O-])cc2)cc1. The molecule has 0 N–H and O–H groups in total. The van der Waals surface area contributed by atoms with Gasteiger partial charge in [0.1, 0.15) is 5.75 Å². The summed E-state index contributed by atoms with van der Waals surface area (Å²) in [5.41, 5.74) is 0.886. The van der Waals surface area contributed by atoms with Crippen molar-refractivity contribution in [3.05, 3.63) is 69.8 Å². The Labute approximate surface area is 137 Å². The highest BCUT2D eigenvalue weighted by Crippen LogP contribution is 2.17. The van der Waals surface area contributed by atoms with Gasteiger partial charge in [-0.1, -0.05) is 27.7 Å². The molecule has 0 heterocycles. The molecule has 0 bridgehead atoms. The molecular formula is C18H23NO4. The lowest BCUT2D eigenvalue weighted by molar-refractivity contribution is -0.384. The number of ether oxygens (including phenoxy) is 1. The Morgan fingerprint density at radius 2 is 1.26 bits per heavy atom. The van der Waals surface area contributed by atoms with E-state index in [2.05, 4.69) is 0 Å². The van der Waals surface area contributed by atoms with Crippen LogP contribution in [0.3, 0.4) is 0 Å². The van der Waals surface area contributed by atoms with Gasteiger partial charge in [0.2, 0.25) is 0 Å². The van der Waals surface area contributed by atoms with Crippen LogP contribution in [0.25, 0.3) is 0 Å². The second-order valence-electron chi connectivity index (χ2n) is 3.86. The fraction of sp³-hybridized carbons (Fsp3) is 0.278. The summed E-state index contributed by atoms with van der Waals surface area (Å²) >= 11 is 0. The van der Waals surface area contributed by atoms with Gasteiger partial charge in [0, 0.05) is 23.3 Å². The van der Waals surface area contributed by atoms with Crippen LogP contribution in [-0.4, -0.2) is 17.8 Å². The number of rotatable bonds is 4. The van der Waals surface area contributed by atoms with Crippen molar-refractivity contribution in [1.82, 2.24) is 0 Å². The van der Waals surface area contributed by atoms with E-state index in [4.69, 9.17) is 4.74 Å². The Bertz CT molecular complexity index is 604. The summed E-state index contributed by atoms with van der Waals surface area (Å²) in [4.78, 5) is 22.1. The van der Waals surface area contributed by atoms with Crippen LogP contribution in [0.15, 0.2) is 48.5 Å². The van der Waals surface area contributed by atoms with E-state index in [1.54, 1.807) is 31.4 Å². The minimum Gasteiger partial charge on any atom is -0.497 e. The van der Waals surface area contributed by atoms with Gasteiger partial charge in [0.05, 0.1) is 12.0 Å². The molecule has 0 fully saturated rings. The van der Waals surface area contributed by atoms with E-state index in [-0.39, 0.29) is 11.5 Å². The average molecular weight is 317 g/mol. The highest BCUT2D eigenvalue weighted by atomic mass is 16.6. The van der Waals surface area contributed by atoms with E-state index in [9.17, 15) is 14.9 Å². The highest BCUT2D eigenvalue weighted by Gasteiger charge is 2.11.